The molecule has 14 heavy (non-hydrogen) atoms. The van der Waals surface area contributed by atoms with Crippen LogP contribution in [-0.4, -0.2) is 5.11 Å². The van der Waals surface area contributed by atoms with Gasteiger partial charge in [-0.2, -0.15) is 0 Å². The molecule has 0 aromatic heterocycles. The van der Waals surface area contributed by atoms with Gasteiger partial charge in [-0.25, -0.2) is 0 Å². The van der Waals surface area contributed by atoms with Gasteiger partial charge in [0.2, 0.25) is 0 Å². The quantitative estimate of drug-likeness (QED) is 0.508. The molecule has 0 saturated carbocycles. The van der Waals surface area contributed by atoms with E-state index in [0.717, 1.165) is 24.8 Å². The van der Waals surface area contributed by atoms with Crippen LogP contribution in [0.1, 0.15) is 37.8 Å². The first-order chi connectivity index (χ1) is 6.65. The van der Waals surface area contributed by atoms with Crippen molar-refractivity contribution < 1.29 is 5.11 Å². The van der Waals surface area contributed by atoms with Crippen LogP contribution >= 0.6 is 0 Å². The molecule has 3 nitrogen and oxygen atoms in total. The number of benzene rings is 1. The van der Waals surface area contributed by atoms with Crippen LogP contribution in [0.25, 0.3) is 0 Å². The van der Waals surface area contributed by atoms with Crippen molar-refractivity contribution >= 4 is 5.69 Å². The summed E-state index contributed by atoms with van der Waals surface area (Å²) in [5, 5.41) is 9.39. The summed E-state index contributed by atoms with van der Waals surface area (Å²) in [7, 11) is 0. The smallest absolute Gasteiger partial charge is 0.138 e. The standard InChI is InChI=1S/C11H18N2O/c1-2-3-4-9(12)8-5-6-10(13)11(14)7-8/h5-7,9,14H,2-4,12-13H2,1H3/t9-/m1/s1. The van der Waals surface area contributed by atoms with Gasteiger partial charge in [0, 0.05) is 6.04 Å². The van der Waals surface area contributed by atoms with Gasteiger partial charge in [-0.15, -0.1) is 0 Å². The molecule has 0 heterocycles. The molecule has 3 heteroatoms. The molecule has 0 aliphatic heterocycles. The number of unbranched alkanes of at least 4 members (excludes halogenated alkanes) is 1. The Labute approximate surface area is 84.7 Å². The highest BCUT2D eigenvalue weighted by Crippen LogP contribution is 2.25. The third kappa shape index (κ3) is 2.64. The van der Waals surface area contributed by atoms with Gasteiger partial charge in [-0.3, -0.25) is 0 Å². The number of rotatable bonds is 4. The third-order valence-corrected chi connectivity index (χ3v) is 2.35. The molecule has 1 atom stereocenters. The minimum Gasteiger partial charge on any atom is -0.506 e. The zero-order valence-electron chi connectivity index (χ0n) is 8.53. The van der Waals surface area contributed by atoms with Crippen LogP contribution in [-0.2, 0) is 0 Å². The van der Waals surface area contributed by atoms with Gasteiger partial charge in [0.15, 0.2) is 0 Å². The maximum absolute atomic E-state index is 9.39. The van der Waals surface area contributed by atoms with Gasteiger partial charge in [-0.1, -0.05) is 25.8 Å². The maximum atomic E-state index is 9.39. The van der Waals surface area contributed by atoms with Crippen LogP contribution in [0.15, 0.2) is 18.2 Å². The molecule has 78 valence electrons. The Kier molecular flexibility index (Phi) is 3.77. The molecule has 0 amide bonds. The maximum Gasteiger partial charge on any atom is 0.138 e. The third-order valence-electron chi connectivity index (χ3n) is 2.35. The molecule has 0 radical (unpaired) electrons. The minimum absolute atomic E-state index is 0.00134. The van der Waals surface area contributed by atoms with E-state index in [9.17, 15) is 5.11 Å². The van der Waals surface area contributed by atoms with Gasteiger partial charge in [0.1, 0.15) is 5.75 Å². The van der Waals surface area contributed by atoms with E-state index in [1.165, 1.54) is 0 Å². The monoisotopic (exact) mass is 194 g/mol. The van der Waals surface area contributed by atoms with Crippen LogP contribution in [0.4, 0.5) is 5.69 Å². The average Bonchev–Trinajstić information content (AvgIpc) is 2.18. The summed E-state index contributed by atoms with van der Waals surface area (Å²) in [5.74, 6) is 0.120. The summed E-state index contributed by atoms with van der Waals surface area (Å²) in [6.07, 6.45) is 3.18. The van der Waals surface area contributed by atoms with E-state index in [2.05, 4.69) is 6.92 Å². The number of nitrogens with two attached hydrogens (primary N) is 2. The fraction of sp³-hybridized carbons (Fsp3) is 0.455. The van der Waals surface area contributed by atoms with E-state index in [1.54, 1.807) is 12.1 Å². The zero-order chi connectivity index (χ0) is 10.6. The second kappa shape index (κ2) is 4.86. The minimum atomic E-state index is 0.00134. The van der Waals surface area contributed by atoms with Crippen LogP contribution in [0.3, 0.4) is 0 Å². The van der Waals surface area contributed by atoms with Gasteiger partial charge < -0.3 is 16.6 Å². The summed E-state index contributed by atoms with van der Waals surface area (Å²) in [6, 6.07) is 5.21. The Balaban J connectivity index is 2.70. The lowest BCUT2D eigenvalue weighted by Gasteiger charge is -2.12. The Morgan fingerprint density at radius 3 is 2.71 bits per heavy atom. The van der Waals surface area contributed by atoms with Crippen molar-refractivity contribution in [3.8, 4) is 5.75 Å². The summed E-state index contributed by atoms with van der Waals surface area (Å²) in [4.78, 5) is 0. The van der Waals surface area contributed by atoms with Gasteiger partial charge in [-0.05, 0) is 24.1 Å². The molecular formula is C11H18N2O. The van der Waals surface area contributed by atoms with Crippen molar-refractivity contribution in [2.45, 2.75) is 32.2 Å². The average molecular weight is 194 g/mol. The lowest BCUT2D eigenvalue weighted by molar-refractivity contribution is 0.475. The first-order valence-corrected chi connectivity index (χ1v) is 4.99. The second-order valence-electron chi connectivity index (χ2n) is 3.57. The van der Waals surface area contributed by atoms with E-state index in [0.29, 0.717) is 5.69 Å². The van der Waals surface area contributed by atoms with Crippen LogP contribution < -0.4 is 11.5 Å². The summed E-state index contributed by atoms with van der Waals surface area (Å²) < 4.78 is 0. The molecular weight excluding hydrogens is 176 g/mol. The molecule has 0 aliphatic rings. The number of hydrogen-bond donors (Lipinski definition) is 3. The molecule has 0 unspecified atom stereocenters. The first kappa shape index (κ1) is 10.9. The van der Waals surface area contributed by atoms with E-state index < -0.39 is 0 Å². The number of phenolic OH excluding ortho intramolecular Hbond substituents is 1. The summed E-state index contributed by atoms with van der Waals surface area (Å²) in [6.45, 7) is 2.13. The zero-order valence-corrected chi connectivity index (χ0v) is 8.53. The van der Waals surface area contributed by atoms with Crippen LogP contribution in [0.5, 0.6) is 5.75 Å². The van der Waals surface area contributed by atoms with Gasteiger partial charge in [0.25, 0.3) is 0 Å². The highest BCUT2D eigenvalue weighted by molar-refractivity contribution is 5.53. The molecule has 5 N–H and O–H groups in total. The van der Waals surface area contributed by atoms with E-state index in [-0.39, 0.29) is 11.8 Å². The van der Waals surface area contributed by atoms with E-state index in [1.807, 2.05) is 6.07 Å². The first-order valence-electron chi connectivity index (χ1n) is 4.99. The molecule has 1 aromatic carbocycles. The van der Waals surface area contributed by atoms with Crippen molar-refractivity contribution in [3.05, 3.63) is 23.8 Å². The Bertz CT molecular complexity index is 299. The van der Waals surface area contributed by atoms with E-state index >= 15 is 0 Å². The van der Waals surface area contributed by atoms with Crippen molar-refractivity contribution in [1.29, 1.82) is 0 Å². The van der Waals surface area contributed by atoms with Crippen LogP contribution in [0, 0.1) is 0 Å². The van der Waals surface area contributed by atoms with E-state index in [4.69, 9.17) is 11.5 Å². The molecule has 0 aliphatic carbocycles. The van der Waals surface area contributed by atoms with Crippen molar-refractivity contribution in [2.24, 2.45) is 5.73 Å². The van der Waals surface area contributed by atoms with Gasteiger partial charge >= 0.3 is 0 Å². The lowest BCUT2D eigenvalue weighted by Crippen LogP contribution is -2.09. The Hall–Kier alpha value is -1.22. The highest BCUT2D eigenvalue weighted by Gasteiger charge is 2.07. The summed E-state index contributed by atoms with van der Waals surface area (Å²) >= 11 is 0. The molecule has 0 spiro atoms. The van der Waals surface area contributed by atoms with Gasteiger partial charge in [0.05, 0.1) is 5.69 Å². The molecule has 1 aromatic rings. The number of hydrogen-bond acceptors (Lipinski definition) is 3. The predicted molar refractivity (Wildman–Crippen MR) is 59.0 cm³/mol. The number of nitrogen functional groups attached to an aromatic ring is 1. The van der Waals surface area contributed by atoms with Crippen LogP contribution in [0.2, 0.25) is 0 Å². The normalized spacial score (nSPS) is 12.7. The lowest BCUT2D eigenvalue weighted by atomic mass is 10.0. The molecule has 1 rings (SSSR count). The SMILES string of the molecule is CCCC[C@@H](N)c1ccc(N)c(O)c1. The number of anilines is 1. The second-order valence-corrected chi connectivity index (χ2v) is 3.57. The Morgan fingerprint density at radius 2 is 2.14 bits per heavy atom. The topological polar surface area (TPSA) is 72.3 Å². The fourth-order valence-electron chi connectivity index (χ4n) is 1.38. The van der Waals surface area contributed by atoms with Crippen molar-refractivity contribution in [3.63, 3.8) is 0 Å². The largest absolute Gasteiger partial charge is 0.506 e. The molecule has 0 fully saturated rings. The summed E-state index contributed by atoms with van der Waals surface area (Å²) in [5.41, 5.74) is 12.8. The fourth-order valence-corrected chi connectivity index (χ4v) is 1.38. The highest BCUT2D eigenvalue weighted by atomic mass is 16.3. The number of aromatic hydroxyl groups is 1. The predicted octanol–water partition coefficient (Wildman–Crippen LogP) is 2.16. The van der Waals surface area contributed by atoms with Crippen molar-refractivity contribution in [2.75, 3.05) is 5.73 Å². The number of phenols is 1. The Morgan fingerprint density at radius 1 is 1.43 bits per heavy atom. The molecule has 0 saturated heterocycles. The molecule has 0 bridgehead atoms. The van der Waals surface area contributed by atoms with Crippen molar-refractivity contribution in [1.82, 2.24) is 0 Å².